The number of benzene rings is 2. The lowest BCUT2D eigenvalue weighted by molar-refractivity contribution is 0.0955. The van der Waals surface area contributed by atoms with Gasteiger partial charge >= 0.3 is 0 Å². The van der Waals surface area contributed by atoms with E-state index in [1.165, 1.54) is 0 Å². The van der Waals surface area contributed by atoms with E-state index in [9.17, 15) is 4.79 Å². The minimum atomic E-state index is -0.145. The van der Waals surface area contributed by atoms with Crippen LogP contribution in [0, 0.1) is 0 Å². The number of carbonyl (C=O) groups excluding carboxylic acids is 1. The van der Waals surface area contributed by atoms with E-state index in [2.05, 4.69) is 20.9 Å². The van der Waals surface area contributed by atoms with Crippen LogP contribution in [0.2, 0.25) is 0 Å². The summed E-state index contributed by atoms with van der Waals surface area (Å²) >= 11 is 0. The number of methoxy groups -OCH3 is 1. The highest BCUT2D eigenvalue weighted by atomic mass is 127. The van der Waals surface area contributed by atoms with Crippen molar-refractivity contribution in [2.45, 2.75) is 13.3 Å². The summed E-state index contributed by atoms with van der Waals surface area (Å²) in [5.41, 5.74) is 1.43. The van der Waals surface area contributed by atoms with Gasteiger partial charge in [0.25, 0.3) is 5.91 Å². The molecule has 3 rings (SSSR count). The number of nitrogens with one attached hydrogen (secondary N) is 3. The third-order valence-corrected chi connectivity index (χ3v) is 4.37. The topological polar surface area (TPSA) is 93.2 Å². The second-order valence-corrected chi connectivity index (χ2v) is 6.58. The number of hydrogen-bond donors (Lipinski definition) is 3. The van der Waals surface area contributed by atoms with Crippen molar-refractivity contribution >= 4 is 41.5 Å². The Kier molecular flexibility index (Phi) is 10.2. The van der Waals surface area contributed by atoms with Crippen molar-refractivity contribution in [1.29, 1.82) is 0 Å². The van der Waals surface area contributed by atoms with Crippen LogP contribution in [0.5, 0.6) is 17.2 Å². The third-order valence-electron chi connectivity index (χ3n) is 4.37. The zero-order valence-corrected chi connectivity index (χ0v) is 20.1. The van der Waals surface area contributed by atoms with Gasteiger partial charge in [-0.05, 0) is 43.3 Å². The highest BCUT2D eigenvalue weighted by Gasteiger charge is 2.11. The van der Waals surface area contributed by atoms with E-state index < -0.39 is 0 Å². The van der Waals surface area contributed by atoms with Gasteiger partial charge in [0, 0.05) is 36.8 Å². The Morgan fingerprint density at radius 2 is 1.81 bits per heavy atom. The summed E-state index contributed by atoms with van der Waals surface area (Å²) in [6, 6.07) is 12.7. The number of fused-ring (bicyclic) bond motifs is 1. The van der Waals surface area contributed by atoms with Crippen molar-refractivity contribution in [3.8, 4) is 17.2 Å². The Morgan fingerprint density at radius 1 is 1.06 bits per heavy atom. The first-order chi connectivity index (χ1) is 14.7. The number of rotatable bonds is 7. The molecular weight excluding hydrogens is 511 g/mol. The third kappa shape index (κ3) is 7.50. The Bertz CT molecular complexity index is 874. The lowest BCUT2D eigenvalue weighted by Crippen LogP contribution is -2.32. The lowest BCUT2D eigenvalue weighted by Gasteiger charge is -2.14. The number of carbonyl (C=O) groups is 1. The zero-order valence-electron chi connectivity index (χ0n) is 17.8. The van der Waals surface area contributed by atoms with Gasteiger partial charge in [0.15, 0.2) is 17.5 Å². The molecule has 2 aromatic carbocycles. The van der Waals surface area contributed by atoms with Crippen LogP contribution in [-0.4, -0.2) is 51.8 Å². The van der Waals surface area contributed by atoms with E-state index >= 15 is 0 Å². The Balaban J connectivity index is 0.00000341. The van der Waals surface area contributed by atoms with E-state index in [0.717, 1.165) is 23.6 Å². The molecule has 3 N–H and O–H groups in total. The maximum atomic E-state index is 12.2. The Labute approximate surface area is 199 Å². The van der Waals surface area contributed by atoms with Crippen molar-refractivity contribution in [3.63, 3.8) is 0 Å². The molecular formula is C22H29IN4O4. The van der Waals surface area contributed by atoms with E-state index in [4.69, 9.17) is 14.2 Å². The van der Waals surface area contributed by atoms with Gasteiger partial charge in [-0.2, -0.15) is 0 Å². The molecule has 2 aromatic rings. The van der Waals surface area contributed by atoms with Crippen LogP contribution in [-0.2, 0) is 0 Å². The molecule has 8 nitrogen and oxygen atoms in total. The van der Waals surface area contributed by atoms with Gasteiger partial charge in [0.2, 0.25) is 0 Å². The summed E-state index contributed by atoms with van der Waals surface area (Å²) in [6.45, 7) is 4.86. The molecule has 1 heterocycles. The van der Waals surface area contributed by atoms with Crippen LogP contribution < -0.4 is 30.2 Å². The first kappa shape index (κ1) is 24.6. The van der Waals surface area contributed by atoms with Crippen LogP contribution in [0.15, 0.2) is 47.5 Å². The maximum Gasteiger partial charge on any atom is 0.251 e. The molecule has 0 radical (unpaired) electrons. The van der Waals surface area contributed by atoms with E-state index in [1.807, 2.05) is 25.1 Å². The molecule has 0 bridgehead atoms. The number of amides is 1. The SMILES string of the molecule is CCNC(=NCCNC(=O)c1ccc(OC)cc1)Nc1ccc2c(c1)OCCCO2.I. The van der Waals surface area contributed by atoms with Gasteiger partial charge in [-0.1, -0.05) is 0 Å². The standard InChI is InChI=1S/C22H28N4O4.HI/c1-3-23-22(26-17-7-10-19-20(15-17)30-14-4-13-29-19)25-12-11-24-21(27)16-5-8-18(28-2)9-6-16;/h5-10,15H,3-4,11-14H2,1-2H3,(H,24,27)(H2,23,25,26);1H. The predicted molar refractivity (Wildman–Crippen MR) is 132 cm³/mol. The van der Waals surface area contributed by atoms with Crippen LogP contribution >= 0.6 is 24.0 Å². The molecule has 0 aliphatic carbocycles. The summed E-state index contributed by atoms with van der Waals surface area (Å²) in [4.78, 5) is 16.7. The fourth-order valence-corrected chi connectivity index (χ4v) is 2.87. The quantitative estimate of drug-likeness (QED) is 0.216. The minimum absolute atomic E-state index is 0. The van der Waals surface area contributed by atoms with E-state index in [0.29, 0.717) is 50.1 Å². The normalized spacial score (nSPS) is 12.8. The van der Waals surface area contributed by atoms with E-state index in [1.54, 1.807) is 31.4 Å². The molecule has 168 valence electrons. The number of halogens is 1. The molecule has 0 saturated heterocycles. The van der Waals surface area contributed by atoms with Crippen molar-refractivity contribution in [2.24, 2.45) is 4.99 Å². The second kappa shape index (κ2) is 12.9. The lowest BCUT2D eigenvalue weighted by atomic mass is 10.2. The van der Waals surface area contributed by atoms with E-state index in [-0.39, 0.29) is 29.9 Å². The first-order valence-electron chi connectivity index (χ1n) is 10.1. The van der Waals surface area contributed by atoms with Crippen LogP contribution in [0.25, 0.3) is 0 Å². The molecule has 9 heteroatoms. The summed E-state index contributed by atoms with van der Waals surface area (Å²) in [6.07, 6.45) is 0.865. The fourth-order valence-electron chi connectivity index (χ4n) is 2.87. The second-order valence-electron chi connectivity index (χ2n) is 6.58. The maximum absolute atomic E-state index is 12.2. The number of aliphatic imine (C=N–C) groups is 1. The molecule has 0 fully saturated rings. The Morgan fingerprint density at radius 3 is 2.52 bits per heavy atom. The predicted octanol–water partition coefficient (Wildman–Crippen LogP) is 3.28. The van der Waals surface area contributed by atoms with Gasteiger partial charge in [0.1, 0.15) is 5.75 Å². The van der Waals surface area contributed by atoms with Crippen LogP contribution in [0.3, 0.4) is 0 Å². The highest BCUT2D eigenvalue weighted by molar-refractivity contribution is 14.0. The molecule has 1 aliphatic heterocycles. The van der Waals surface area contributed by atoms with Gasteiger partial charge in [0.05, 0.1) is 26.9 Å². The van der Waals surface area contributed by atoms with Gasteiger partial charge < -0.3 is 30.2 Å². The van der Waals surface area contributed by atoms with Crippen molar-refractivity contribution < 1.29 is 19.0 Å². The largest absolute Gasteiger partial charge is 0.497 e. The number of nitrogens with zero attached hydrogens (tertiary/aromatic N) is 1. The first-order valence-corrected chi connectivity index (χ1v) is 10.1. The van der Waals surface area contributed by atoms with Gasteiger partial charge in [-0.25, -0.2) is 0 Å². The van der Waals surface area contributed by atoms with Crippen LogP contribution in [0.1, 0.15) is 23.7 Å². The van der Waals surface area contributed by atoms with Crippen molar-refractivity contribution in [3.05, 3.63) is 48.0 Å². The number of ether oxygens (including phenoxy) is 3. The monoisotopic (exact) mass is 540 g/mol. The number of anilines is 1. The average Bonchev–Trinajstić information content (AvgIpc) is 3.01. The summed E-state index contributed by atoms with van der Waals surface area (Å²) < 4.78 is 16.5. The van der Waals surface area contributed by atoms with Gasteiger partial charge in [-0.15, -0.1) is 24.0 Å². The Hall–Kier alpha value is -2.69. The summed E-state index contributed by atoms with van der Waals surface area (Å²) in [5.74, 6) is 2.67. The molecule has 0 atom stereocenters. The molecule has 1 aliphatic rings. The minimum Gasteiger partial charge on any atom is -0.497 e. The molecule has 0 saturated carbocycles. The molecule has 31 heavy (non-hydrogen) atoms. The van der Waals surface area contributed by atoms with Crippen molar-refractivity contribution in [2.75, 3.05) is 45.3 Å². The smallest absolute Gasteiger partial charge is 0.251 e. The zero-order chi connectivity index (χ0) is 21.2. The highest BCUT2D eigenvalue weighted by Crippen LogP contribution is 2.32. The molecule has 0 spiro atoms. The molecule has 1 amide bonds. The molecule has 0 aromatic heterocycles. The fraction of sp³-hybridized carbons (Fsp3) is 0.364. The average molecular weight is 540 g/mol. The van der Waals surface area contributed by atoms with Crippen LogP contribution in [0.4, 0.5) is 5.69 Å². The van der Waals surface area contributed by atoms with Gasteiger partial charge in [-0.3, -0.25) is 9.79 Å². The molecule has 0 unspecified atom stereocenters. The summed E-state index contributed by atoms with van der Waals surface area (Å²) in [5, 5.41) is 9.32. The summed E-state index contributed by atoms with van der Waals surface area (Å²) in [7, 11) is 1.59. The number of hydrogen-bond acceptors (Lipinski definition) is 5. The van der Waals surface area contributed by atoms with Crippen molar-refractivity contribution in [1.82, 2.24) is 10.6 Å². The number of guanidine groups is 1.